The van der Waals surface area contributed by atoms with Crippen LogP contribution in [0, 0.1) is 0 Å². The van der Waals surface area contributed by atoms with E-state index in [4.69, 9.17) is 9.47 Å². The van der Waals surface area contributed by atoms with Crippen LogP contribution in [-0.2, 0) is 22.6 Å². The van der Waals surface area contributed by atoms with Crippen LogP contribution in [0.4, 0.5) is 0 Å². The van der Waals surface area contributed by atoms with Gasteiger partial charge in [-0.2, -0.15) is 0 Å². The second-order valence-electron chi connectivity index (χ2n) is 8.12. The van der Waals surface area contributed by atoms with Gasteiger partial charge in [0.15, 0.2) is 0 Å². The van der Waals surface area contributed by atoms with Crippen LogP contribution in [-0.4, -0.2) is 25.0 Å². The summed E-state index contributed by atoms with van der Waals surface area (Å²) < 4.78 is 10.8. The molecule has 0 heterocycles. The Balaban J connectivity index is 1.42. The number of hydrogen-bond donors (Lipinski definition) is 1. The van der Waals surface area contributed by atoms with Gasteiger partial charge in [0.1, 0.15) is 18.4 Å². The molecule has 0 aromatic heterocycles. The SMILES string of the molecule is COC(=O)[C@H](Cc1cccc(OCc2ccccc2)c1)NC(=O)c1ccc(-c2ccccc2)cc1. The number of hydrogen-bond acceptors (Lipinski definition) is 4. The third kappa shape index (κ3) is 6.58. The zero-order chi connectivity index (χ0) is 24.5. The van der Waals surface area contributed by atoms with Crippen molar-refractivity contribution in [1.29, 1.82) is 0 Å². The molecule has 0 aliphatic carbocycles. The van der Waals surface area contributed by atoms with Gasteiger partial charge in [-0.3, -0.25) is 4.79 Å². The molecule has 4 aromatic rings. The van der Waals surface area contributed by atoms with Crippen molar-refractivity contribution in [3.63, 3.8) is 0 Å². The summed E-state index contributed by atoms with van der Waals surface area (Å²) in [6, 6.07) is 33.8. The summed E-state index contributed by atoms with van der Waals surface area (Å²) in [5.41, 5.74) is 4.47. The molecular formula is C30H27NO4. The molecule has 4 rings (SSSR count). The molecule has 5 nitrogen and oxygen atoms in total. The van der Waals surface area contributed by atoms with Gasteiger partial charge in [-0.1, -0.05) is 84.9 Å². The zero-order valence-corrected chi connectivity index (χ0v) is 19.5. The second kappa shape index (κ2) is 11.7. The Kier molecular flexibility index (Phi) is 7.92. The quantitative estimate of drug-likeness (QED) is 0.334. The van der Waals surface area contributed by atoms with Crippen molar-refractivity contribution in [2.75, 3.05) is 7.11 Å². The van der Waals surface area contributed by atoms with Crippen molar-refractivity contribution < 1.29 is 19.1 Å². The molecule has 0 saturated carbocycles. The molecule has 0 aliphatic heterocycles. The van der Waals surface area contributed by atoms with Crippen LogP contribution in [0.25, 0.3) is 11.1 Å². The fourth-order valence-corrected chi connectivity index (χ4v) is 3.76. The third-order valence-corrected chi connectivity index (χ3v) is 5.63. The first-order valence-electron chi connectivity index (χ1n) is 11.4. The number of rotatable bonds is 9. The maximum atomic E-state index is 12.9. The van der Waals surface area contributed by atoms with E-state index in [1.807, 2.05) is 97.1 Å². The highest BCUT2D eigenvalue weighted by molar-refractivity contribution is 5.97. The summed E-state index contributed by atoms with van der Waals surface area (Å²) in [6.45, 7) is 0.445. The van der Waals surface area contributed by atoms with E-state index in [0.717, 1.165) is 22.3 Å². The summed E-state index contributed by atoms with van der Waals surface area (Å²) in [4.78, 5) is 25.3. The smallest absolute Gasteiger partial charge is 0.328 e. The third-order valence-electron chi connectivity index (χ3n) is 5.63. The highest BCUT2D eigenvalue weighted by atomic mass is 16.5. The molecule has 0 bridgehead atoms. The lowest BCUT2D eigenvalue weighted by atomic mass is 10.0. The Morgan fingerprint density at radius 3 is 2.06 bits per heavy atom. The molecule has 1 N–H and O–H groups in total. The Morgan fingerprint density at radius 2 is 1.37 bits per heavy atom. The average Bonchev–Trinajstić information content (AvgIpc) is 2.92. The highest BCUT2D eigenvalue weighted by Crippen LogP contribution is 2.20. The van der Waals surface area contributed by atoms with E-state index >= 15 is 0 Å². The first-order valence-corrected chi connectivity index (χ1v) is 11.4. The van der Waals surface area contributed by atoms with E-state index in [9.17, 15) is 9.59 Å². The minimum Gasteiger partial charge on any atom is -0.489 e. The molecule has 0 spiro atoms. The lowest BCUT2D eigenvalue weighted by molar-refractivity contribution is -0.142. The normalized spacial score (nSPS) is 11.3. The Bertz CT molecular complexity index is 1250. The molecule has 0 unspecified atom stereocenters. The van der Waals surface area contributed by atoms with E-state index in [0.29, 0.717) is 17.9 Å². The summed E-state index contributed by atoms with van der Waals surface area (Å²) in [5, 5.41) is 2.81. The lowest BCUT2D eigenvalue weighted by Gasteiger charge is -2.17. The van der Waals surface area contributed by atoms with E-state index in [-0.39, 0.29) is 12.3 Å². The van der Waals surface area contributed by atoms with E-state index in [1.54, 1.807) is 12.1 Å². The number of benzene rings is 4. The zero-order valence-electron chi connectivity index (χ0n) is 19.5. The summed E-state index contributed by atoms with van der Waals surface area (Å²) in [6.07, 6.45) is 0.281. The number of ether oxygens (including phenoxy) is 2. The van der Waals surface area contributed by atoms with Gasteiger partial charge < -0.3 is 14.8 Å². The maximum Gasteiger partial charge on any atom is 0.328 e. The summed E-state index contributed by atoms with van der Waals surface area (Å²) in [5.74, 6) is -0.149. The topological polar surface area (TPSA) is 64.6 Å². The maximum absolute atomic E-state index is 12.9. The van der Waals surface area contributed by atoms with E-state index in [1.165, 1.54) is 7.11 Å². The monoisotopic (exact) mass is 465 g/mol. The van der Waals surface area contributed by atoms with Gasteiger partial charge in [-0.05, 0) is 46.5 Å². The number of carbonyl (C=O) groups excluding carboxylic acids is 2. The van der Waals surface area contributed by atoms with Crippen LogP contribution in [0.2, 0.25) is 0 Å². The van der Waals surface area contributed by atoms with E-state index < -0.39 is 12.0 Å². The molecule has 176 valence electrons. The molecule has 0 aliphatic rings. The number of carbonyl (C=O) groups is 2. The minimum atomic E-state index is -0.828. The number of amides is 1. The van der Waals surface area contributed by atoms with Crippen LogP contribution < -0.4 is 10.1 Å². The molecular weight excluding hydrogens is 438 g/mol. The first kappa shape index (κ1) is 23.8. The van der Waals surface area contributed by atoms with Crippen molar-refractivity contribution in [1.82, 2.24) is 5.32 Å². The number of nitrogens with one attached hydrogen (secondary N) is 1. The van der Waals surface area contributed by atoms with E-state index in [2.05, 4.69) is 5.32 Å². The molecule has 1 atom stereocenters. The lowest BCUT2D eigenvalue weighted by Crippen LogP contribution is -2.43. The van der Waals surface area contributed by atoms with Gasteiger partial charge in [0.05, 0.1) is 7.11 Å². The Morgan fingerprint density at radius 1 is 0.743 bits per heavy atom. The van der Waals surface area contributed by atoms with Crippen LogP contribution in [0.1, 0.15) is 21.5 Å². The summed E-state index contributed by atoms with van der Waals surface area (Å²) in [7, 11) is 1.32. The molecule has 4 aromatic carbocycles. The van der Waals surface area contributed by atoms with Crippen molar-refractivity contribution in [2.45, 2.75) is 19.1 Å². The summed E-state index contributed by atoms with van der Waals surface area (Å²) >= 11 is 0. The minimum absolute atomic E-state index is 0.281. The first-order chi connectivity index (χ1) is 17.1. The highest BCUT2D eigenvalue weighted by Gasteiger charge is 2.23. The molecule has 5 heteroatoms. The predicted octanol–water partition coefficient (Wildman–Crippen LogP) is 5.45. The molecule has 0 fully saturated rings. The van der Waals surface area contributed by atoms with Gasteiger partial charge in [0.2, 0.25) is 0 Å². The standard InChI is InChI=1S/C30H27NO4/c1-34-30(33)28(20-23-11-8-14-27(19-23)35-21-22-9-4-2-5-10-22)31-29(32)26-17-15-25(16-18-26)24-12-6-3-7-13-24/h2-19,28H,20-21H2,1H3,(H,31,32)/t28-/m0/s1. The van der Waals surface area contributed by atoms with Crippen molar-refractivity contribution in [3.05, 3.63) is 126 Å². The second-order valence-corrected chi connectivity index (χ2v) is 8.12. The Hall–Kier alpha value is -4.38. The van der Waals surface area contributed by atoms with Crippen molar-refractivity contribution >= 4 is 11.9 Å². The Labute approximate surface area is 205 Å². The largest absolute Gasteiger partial charge is 0.489 e. The van der Waals surface area contributed by atoms with Gasteiger partial charge >= 0.3 is 5.97 Å². The van der Waals surface area contributed by atoms with Gasteiger partial charge in [-0.15, -0.1) is 0 Å². The van der Waals surface area contributed by atoms with Crippen LogP contribution in [0.15, 0.2) is 109 Å². The van der Waals surface area contributed by atoms with Gasteiger partial charge in [0.25, 0.3) is 5.91 Å². The fourth-order valence-electron chi connectivity index (χ4n) is 3.76. The van der Waals surface area contributed by atoms with Crippen molar-refractivity contribution in [3.8, 4) is 16.9 Å². The molecule has 35 heavy (non-hydrogen) atoms. The van der Waals surface area contributed by atoms with Crippen LogP contribution >= 0.6 is 0 Å². The average molecular weight is 466 g/mol. The van der Waals surface area contributed by atoms with Crippen LogP contribution in [0.3, 0.4) is 0 Å². The van der Waals surface area contributed by atoms with Gasteiger partial charge in [-0.25, -0.2) is 4.79 Å². The van der Waals surface area contributed by atoms with Crippen LogP contribution in [0.5, 0.6) is 5.75 Å². The number of methoxy groups -OCH3 is 1. The van der Waals surface area contributed by atoms with Gasteiger partial charge in [0, 0.05) is 12.0 Å². The number of esters is 1. The predicted molar refractivity (Wildman–Crippen MR) is 136 cm³/mol. The molecule has 1 amide bonds. The fraction of sp³-hybridized carbons (Fsp3) is 0.133. The molecule has 0 saturated heterocycles. The van der Waals surface area contributed by atoms with Crippen molar-refractivity contribution in [2.24, 2.45) is 0 Å². The molecule has 0 radical (unpaired) electrons.